The number of benzene rings is 1. The summed E-state index contributed by atoms with van der Waals surface area (Å²) in [4.78, 5) is 0. The first-order valence-corrected chi connectivity index (χ1v) is 3.76. The molecule has 1 heterocycles. The maximum Gasteiger partial charge on any atom is 0.151 e. The zero-order valence-electron chi connectivity index (χ0n) is 6.58. The summed E-state index contributed by atoms with van der Waals surface area (Å²) < 4.78 is 5.34. The van der Waals surface area contributed by atoms with Gasteiger partial charge in [-0.3, -0.25) is 0 Å². The van der Waals surface area contributed by atoms with Crippen LogP contribution < -0.4 is 16.2 Å². The summed E-state index contributed by atoms with van der Waals surface area (Å²) >= 11 is 0. The molecule has 0 unspecified atom stereocenters. The van der Waals surface area contributed by atoms with E-state index in [1.54, 1.807) is 6.07 Å². The van der Waals surface area contributed by atoms with E-state index in [2.05, 4.69) is 0 Å². The lowest BCUT2D eigenvalue weighted by Gasteiger charge is -2.15. The topological polar surface area (TPSA) is 61.3 Å². The number of hydrogen-bond acceptors (Lipinski definition) is 3. The summed E-state index contributed by atoms with van der Waals surface area (Å²) in [6, 6.07) is 3.68. The van der Waals surface area contributed by atoms with Gasteiger partial charge in [-0.15, -0.1) is 0 Å². The van der Waals surface area contributed by atoms with Crippen LogP contribution in [0.3, 0.4) is 0 Å². The lowest BCUT2D eigenvalue weighted by molar-refractivity contribution is 0.361. The van der Waals surface area contributed by atoms with Gasteiger partial charge >= 0.3 is 0 Å². The molecule has 1 aliphatic rings. The van der Waals surface area contributed by atoms with Crippen LogP contribution in [0.4, 0.5) is 11.4 Å². The molecule has 0 atom stereocenters. The van der Waals surface area contributed by atoms with E-state index in [-0.39, 0.29) is 0 Å². The SMILES string of the molecule is Nc1ccc2c(c1N)OCC=C2. The molecule has 0 radical (unpaired) electrons. The predicted octanol–water partition coefficient (Wildman–Crippen LogP) is 1.26. The van der Waals surface area contributed by atoms with Crippen molar-refractivity contribution >= 4 is 17.5 Å². The van der Waals surface area contributed by atoms with Crippen molar-refractivity contribution in [3.05, 3.63) is 23.8 Å². The number of anilines is 2. The number of hydrogen-bond donors (Lipinski definition) is 2. The zero-order valence-corrected chi connectivity index (χ0v) is 6.58. The van der Waals surface area contributed by atoms with Crippen molar-refractivity contribution < 1.29 is 4.74 Å². The van der Waals surface area contributed by atoms with Crippen LogP contribution in [0, 0.1) is 0 Å². The van der Waals surface area contributed by atoms with Gasteiger partial charge in [0.2, 0.25) is 0 Å². The summed E-state index contributed by atoms with van der Waals surface area (Å²) in [6.07, 6.45) is 3.92. The van der Waals surface area contributed by atoms with Gasteiger partial charge in [0.05, 0.1) is 11.4 Å². The Labute approximate surface area is 70.6 Å². The first-order valence-electron chi connectivity index (χ1n) is 3.76. The minimum Gasteiger partial charge on any atom is -0.487 e. The normalized spacial score (nSPS) is 13.7. The summed E-state index contributed by atoms with van der Waals surface area (Å²) in [6.45, 7) is 0.570. The van der Waals surface area contributed by atoms with Crippen LogP contribution in [0.5, 0.6) is 5.75 Å². The minimum absolute atomic E-state index is 0.539. The van der Waals surface area contributed by atoms with Crippen LogP contribution in [0.1, 0.15) is 5.56 Å². The standard InChI is InChI=1S/C9H10N2O/c10-7-4-3-6-2-1-5-12-9(6)8(7)11/h1-4H,5,10-11H2. The average molecular weight is 162 g/mol. The van der Waals surface area contributed by atoms with Crippen molar-refractivity contribution in [1.29, 1.82) is 0 Å². The van der Waals surface area contributed by atoms with Gasteiger partial charge < -0.3 is 16.2 Å². The molecule has 4 N–H and O–H groups in total. The molecule has 62 valence electrons. The van der Waals surface area contributed by atoms with Gasteiger partial charge in [0.25, 0.3) is 0 Å². The van der Waals surface area contributed by atoms with Crippen molar-refractivity contribution in [2.45, 2.75) is 0 Å². The van der Waals surface area contributed by atoms with E-state index in [0.717, 1.165) is 5.56 Å². The van der Waals surface area contributed by atoms with Gasteiger partial charge in [-0.1, -0.05) is 6.08 Å². The highest BCUT2D eigenvalue weighted by molar-refractivity contribution is 5.78. The van der Waals surface area contributed by atoms with E-state index in [9.17, 15) is 0 Å². The molecule has 0 spiro atoms. The molecule has 0 amide bonds. The number of fused-ring (bicyclic) bond motifs is 1. The lowest BCUT2D eigenvalue weighted by Crippen LogP contribution is -2.05. The quantitative estimate of drug-likeness (QED) is 0.564. The van der Waals surface area contributed by atoms with Gasteiger partial charge in [0, 0.05) is 5.56 Å². The first kappa shape index (κ1) is 7.03. The molecular weight excluding hydrogens is 152 g/mol. The number of nitrogens with two attached hydrogens (primary N) is 2. The van der Waals surface area contributed by atoms with Crippen molar-refractivity contribution in [2.75, 3.05) is 18.1 Å². The maximum atomic E-state index is 5.72. The summed E-state index contributed by atoms with van der Waals surface area (Å²) in [5.74, 6) is 0.706. The number of rotatable bonds is 0. The number of nitrogen functional groups attached to an aromatic ring is 2. The Bertz CT molecular complexity index is 345. The molecule has 1 aromatic rings. The fourth-order valence-corrected chi connectivity index (χ4v) is 1.23. The molecule has 0 aromatic heterocycles. The Balaban J connectivity index is 2.63. The molecule has 0 bridgehead atoms. The van der Waals surface area contributed by atoms with Gasteiger partial charge in [0.15, 0.2) is 5.75 Å². The Morgan fingerprint density at radius 1 is 1.25 bits per heavy atom. The molecule has 0 fully saturated rings. The van der Waals surface area contributed by atoms with E-state index < -0.39 is 0 Å². The fourth-order valence-electron chi connectivity index (χ4n) is 1.23. The van der Waals surface area contributed by atoms with Gasteiger partial charge in [-0.2, -0.15) is 0 Å². The molecule has 1 aromatic carbocycles. The third-order valence-electron chi connectivity index (χ3n) is 1.88. The molecule has 3 heteroatoms. The third kappa shape index (κ3) is 0.906. The smallest absolute Gasteiger partial charge is 0.151 e. The summed E-state index contributed by atoms with van der Waals surface area (Å²) in [7, 11) is 0. The molecule has 1 aliphatic heterocycles. The fraction of sp³-hybridized carbons (Fsp3) is 0.111. The average Bonchev–Trinajstić information content (AvgIpc) is 2.12. The van der Waals surface area contributed by atoms with E-state index >= 15 is 0 Å². The molecule has 12 heavy (non-hydrogen) atoms. The lowest BCUT2D eigenvalue weighted by atomic mass is 10.1. The highest BCUT2D eigenvalue weighted by atomic mass is 16.5. The largest absolute Gasteiger partial charge is 0.487 e. The van der Waals surface area contributed by atoms with E-state index in [1.165, 1.54) is 0 Å². The van der Waals surface area contributed by atoms with Crippen LogP contribution in [-0.4, -0.2) is 6.61 Å². The summed E-state index contributed by atoms with van der Waals surface area (Å²) in [5.41, 5.74) is 13.4. The van der Waals surface area contributed by atoms with Crippen molar-refractivity contribution in [1.82, 2.24) is 0 Å². The second kappa shape index (κ2) is 2.44. The van der Waals surface area contributed by atoms with E-state index in [1.807, 2.05) is 18.2 Å². The van der Waals surface area contributed by atoms with Gasteiger partial charge in [-0.05, 0) is 18.2 Å². The first-order chi connectivity index (χ1) is 5.79. The second-order valence-corrected chi connectivity index (χ2v) is 2.70. The van der Waals surface area contributed by atoms with E-state index in [0.29, 0.717) is 23.7 Å². The molecule has 0 saturated carbocycles. The van der Waals surface area contributed by atoms with Crippen LogP contribution in [0.25, 0.3) is 6.08 Å². The van der Waals surface area contributed by atoms with Crippen molar-refractivity contribution in [2.24, 2.45) is 0 Å². The Morgan fingerprint density at radius 3 is 2.92 bits per heavy atom. The van der Waals surface area contributed by atoms with Crippen LogP contribution in [0.2, 0.25) is 0 Å². The highest BCUT2D eigenvalue weighted by Gasteiger charge is 2.10. The maximum absolute atomic E-state index is 5.72. The highest BCUT2D eigenvalue weighted by Crippen LogP contribution is 2.34. The van der Waals surface area contributed by atoms with Gasteiger partial charge in [0.1, 0.15) is 6.61 Å². The van der Waals surface area contributed by atoms with E-state index in [4.69, 9.17) is 16.2 Å². The zero-order chi connectivity index (χ0) is 8.55. The predicted molar refractivity (Wildman–Crippen MR) is 49.8 cm³/mol. The van der Waals surface area contributed by atoms with Crippen molar-refractivity contribution in [3.63, 3.8) is 0 Å². The Kier molecular flexibility index (Phi) is 1.43. The molecule has 0 saturated heterocycles. The molecule has 2 rings (SSSR count). The molecule has 0 aliphatic carbocycles. The monoisotopic (exact) mass is 162 g/mol. The number of ether oxygens (including phenoxy) is 1. The van der Waals surface area contributed by atoms with Crippen LogP contribution >= 0.6 is 0 Å². The molecule has 3 nitrogen and oxygen atoms in total. The Morgan fingerprint density at radius 2 is 2.08 bits per heavy atom. The second-order valence-electron chi connectivity index (χ2n) is 2.70. The minimum atomic E-state index is 0.539. The van der Waals surface area contributed by atoms with Gasteiger partial charge in [-0.25, -0.2) is 0 Å². The Hall–Kier alpha value is -1.64. The summed E-state index contributed by atoms with van der Waals surface area (Å²) in [5, 5.41) is 0. The third-order valence-corrected chi connectivity index (χ3v) is 1.88. The van der Waals surface area contributed by atoms with Crippen LogP contribution in [0.15, 0.2) is 18.2 Å². The molecular formula is C9H10N2O. The van der Waals surface area contributed by atoms with Crippen molar-refractivity contribution in [3.8, 4) is 5.75 Å². The van der Waals surface area contributed by atoms with Crippen LogP contribution in [-0.2, 0) is 0 Å².